The molecule has 0 unspecified atom stereocenters. The van der Waals surface area contributed by atoms with E-state index in [1.165, 1.54) is 18.2 Å². The van der Waals surface area contributed by atoms with E-state index in [0.29, 0.717) is 56.2 Å². The third kappa shape index (κ3) is 10.5. The zero-order valence-electron chi connectivity index (χ0n) is 60.4. The summed E-state index contributed by atoms with van der Waals surface area (Å²) in [6, 6.07) is 52.5. The number of imidazole rings is 1. The van der Waals surface area contributed by atoms with Gasteiger partial charge in [-0.25, -0.2) is 4.98 Å². The van der Waals surface area contributed by atoms with Gasteiger partial charge in [-0.3, -0.25) is 13.7 Å². The van der Waals surface area contributed by atoms with Crippen LogP contribution in [0.5, 0.6) is 11.5 Å². The minimum Gasteiger partial charge on any atom is -0.458 e. The predicted octanol–water partition coefficient (Wildman–Crippen LogP) is 20.5. The van der Waals surface area contributed by atoms with Gasteiger partial charge in [0, 0.05) is 31.3 Å². The number of aromatic nitrogens is 4. The summed E-state index contributed by atoms with van der Waals surface area (Å²) in [5.74, 6) is 1.83. The van der Waals surface area contributed by atoms with Crippen molar-refractivity contribution in [3.63, 3.8) is 0 Å². The van der Waals surface area contributed by atoms with Crippen LogP contribution in [-0.2, 0) is 21.7 Å². The van der Waals surface area contributed by atoms with Gasteiger partial charge in [-0.1, -0.05) is 210 Å². The van der Waals surface area contributed by atoms with E-state index in [4.69, 9.17) is 22.1 Å². The Hall–Kier alpha value is -8.80. The fourth-order valence-corrected chi connectivity index (χ4v) is 11.2. The van der Waals surface area contributed by atoms with E-state index in [-0.39, 0.29) is 56.0 Å². The molecular formula is C78H76N4O. The van der Waals surface area contributed by atoms with Crippen molar-refractivity contribution in [2.75, 3.05) is 0 Å². The summed E-state index contributed by atoms with van der Waals surface area (Å²) in [4.78, 5) is 4.90. The van der Waals surface area contributed by atoms with E-state index in [2.05, 4.69) is 155 Å². The summed E-state index contributed by atoms with van der Waals surface area (Å²) < 4.78 is 111. The van der Waals surface area contributed by atoms with Gasteiger partial charge in [-0.2, -0.15) is 0 Å². The van der Waals surface area contributed by atoms with Crippen molar-refractivity contribution in [1.82, 2.24) is 14.1 Å². The van der Waals surface area contributed by atoms with Crippen LogP contribution >= 0.6 is 0 Å². The van der Waals surface area contributed by atoms with Crippen LogP contribution in [0.4, 0.5) is 0 Å². The molecule has 0 saturated carbocycles. The Bertz CT molecular complexity index is 4930. The Labute approximate surface area is 507 Å². The lowest BCUT2D eigenvalue weighted by Gasteiger charge is -2.27. The van der Waals surface area contributed by atoms with Crippen molar-refractivity contribution in [3.8, 4) is 73.2 Å². The molecule has 0 saturated heterocycles. The summed E-state index contributed by atoms with van der Waals surface area (Å²) in [6.45, 7) is 20.6. The van der Waals surface area contributed by atoms with Crippen LogP contribution in [0.25, 0.3) is 94.5 Å². The maximum Gasteiger partial charge on any atom is 0.269 e. The molecule has 12 aromatic rings. The molecule has 83 heavy (non-hydrogen) atoms. The van der Waals surface area contributed by atoms with Gasteiger partial charge < -0.3 is 4.74 Å². The van der Waals surface area contributed by atoms with Crippen LogP contribution < -0.4 is 9.30 Å². The minimum absolute atomic E-state index is 0.0397. The summed E-state index contributed by atoms with van der Waals surface area (Å²) in [6.07, 6.45) is 5.67. The summed E-state index contributed by atoms with van der Waals surface area (Å²) >= 11 is 0. The molecule has 5 nitrogen and oxygen atoms in total. The first kappa shape index (κ1) is 43.0. The molecule has 0 bridgehead atoms. The SMILES string of the molecule is [2H]c1c([2H])c([2H])c(-c2cc(-c3cccc(C(C)(C)C)c3)c(-[n+]3[c-]n(-c4cccc(Oc5ccc6c7ccccc7n(-c7cc(C(C)(C)C)ccn7)c6c5)c4)c4cc(-c5c(C([2H])([2H])[2H])cccc5C([2H])([2H])[2H])ccc43)c(-c3cc(C(C)(C)C)cc(C(C)(C)C)c3)c2)c([2H])c1[2H]. The fourth-order valence-electron chi connectivity index (χ4n) is 11.2. The lowest BCUT2D eigenvalue weighted by atomic mass is 9.78. The zero-order valence-corrected chi connectivity index (χ0v) is 49.4. The largest absolute Gasteiger partial charge is 0.458 e. The third-order valence-corrected chi connectivity index (χ3v) is 15.9. The van der Waals surface area contributed by atoms with Crippen LogP contribution in [-0.4, -0.2) is 14.1 Å². The summed E-state index contributed by atoms with van der Waals surface area (Å²) in [7, 11) is 0. The lowest BCUT2D eigenvalue weighted by Crippen LogP contribution is -2.31. The second kappa shape index (κ2) is 20.6. The molecule has 0 aliphatic heterocycles. The molecule has 0 aliphatic rings. The Morgan fingerprint density at radius 2 is 1.10 bits per heavy atom. The van der Waals surface area contributed by atoms with Gasteiger partial charge >= 0.3 is 0 Å². The molecule has 0 spiro atoms. The van der Waals surface area contributed by atoms with Crippen molar-refractivity contribution in [2.45, 2.75) is 118 Å². The third-order valence-electron chi connectivity index (χ3n) is 15.9. The van der Waals surface area contributed by atoms with E-state index in [1.807, 2.05) is 100 Å². The zero-order chi connectivity index (χ0) is 67.7. The maximum absolute atomic E-state index is 9.44. The van der Waals surface area contributed by atoms with E-state index in [1.54, 1.807) is 6.07 Å². The van der Waals surface area contributed by atoms with Gasteiger partial charge in [-0.05, 0) is 180 Å². The first-order chi connectivity index (χ1) is 44.0. The molecule has 414 valence electrons. The fraction of sp³-hybridized carbons (Fsp3) is 0.231. The average molecular weight is 1100 g/mol. The van der Waals surface area contributed by atoms with Crippen LogP contribution in [0.15, 0.2) is 206 Å². The Kier molecular flexibility index (Phi) is 10.6. The van der Waals surface area contributed by atoms with Gasteiger partial charge in [0.2, 0.25) is 0 Å². The van der Waals surface area contributed by atoms with Crippen LogP contribution in [0.1, 0.15) is 132 Å². The molecule has 9 aromatic carbocycles. The number of hydrogen-bond acceptors (Lipinski definition) is 2. The highest BCUT2D eigenvalue weighted by Gasteiger charge is 2.27. The highest BCUT2D eigenvalue weighted by atomic mass is 16.5. The number of pyridine rings is 1. The van der Waals surface area contributed by atoms with Crippen LogP contribution in [0.2, 0.25) is 0 Å². The first-order valence-corrected chi connectivity index (χ1v) is 28.4. The smallest absolute Gasteiger partial charge is 0.269 e. The highest BCUT2D eigenvalue weighted by molar-refractivity contribution is 6.09. The molecule has 12 rings (SSSR count). The van der Waals surface area contributed by atoms with E-state index < -0.39 is 31.8 Å². The topological polar surface area (TPSA) is 35.9 Å². The standard InChI is InChI=1S/C78H76N4O/c1-50-23-20-24-51(2)73(50)54-33-36-69-71(44-54)80(61-29-22-30-62(47-61)83-63-34-35-65-64-31-18-19-32-68(64)82(70(65)48-63)72-46-58(37-38-79-72)76(6,7)8)49-81(69)74-66(53-27-21-28-57(39-53)75(3,4)5)42-55(52-25-16-15-17-26-52)43-67(74)56-40-59(77(9,10)11)45-60(41-56)78(12,13)14/h15-48H,1-14H3/i1D3,2D3,15D,16D,17D,25D,26D. The molecule has 0 N–H and O–H groups in total. The molecular weight excluding hydrogens is 1010 g/mol. The summed E-state index contributed by atoms with van der Waals surface area (Å²) in [5.41, 5.74) is 10.9. The number of fused-ring (bicyclic) bond motifs is 4. The second-order valence-corrected chi connectivity index (χ2v) is 26.0. The van der Waals surface area contributed by atoms with Gasteiger partial charge in [0.15, 0.2) is 0 Å². The van der Waals surface area contributed by atoms with Crippen molar-refractivity contribution >= 4 is 32.8 Å². The second-order valence-electron chi connectivity index (χ2n) is 26.0. The number of ether oxygens (including phenoxy) is 1. The van der Waals surface area contributed by atoms with Crippen molar-refractivity contribution in [2.24, 2.45) is 0 Å². The first-order valence-electron chi connectivity index (χ1n) is 33.9. The quantitative estimate of drug-likeness (QED) is 0.107. The highest BCUT2D eigenvalue weighted by Crippen LogP contribution is 2.44. The lowest BCUT2D eigenvalue weighted by molar-refractivity contribution is -0.571. The van der Waals surface area contributed by atoms with Crippen LogP contribution in [0, 0.1) is 20.0 Å². The number of rotatable bonds is 9. The van der Waals surface area contributed by atoms with E-state index in [0.717, 1.165) is 61.0 Å². The van der Waals surface area contributed by atoms with Gasteiger partial charge in [0.25, 0.3) is 6.33 Å². The van der Waals surface area contributed by atoms with Gasteiger partial charge in [0.1, 0.15) is 17.3 Å². The molecule has 5 heteroatoms. The van der Waals surface area contributed by atoms with Gasteiger partial charge in [-0.15, -0.1) is 0 Å². The monoisotopic (exact) mass is 1100 g/mol. The van der Waals surface area contributed by atoms with Gasteiger partial charge in [0.05, 0.1) is 40.3 Å². The minimum atomic E-state index is -2.70. The number of para-hydroxylation sites is 1. The number of hydrogen-bond donors (Lipinski definition) is 0. The van der Waals surface area contributed by atoms with Crippen molar-refractivity contribution in [3.05, 3.63) is 246 Å². The molecule has 0 radical (unpaired) electrons. The normalized spacial score (nSPS) is 14.7. The number of aryl methyl sites for hydroxylation is 2. The Morgan fingerprint density at radius 3 is 1.80 bits per heavy atom. The Balaban J connectivity index is 1.17. The molecule has 0 aliphatic carbocycles. The molecule has 0 fully saturated rings. The molecule has 0 amide bonds. The predicted molar refractivity (Wildman–Crippen MR) is 348 cm³/mol. The van der Waals surface area contributed by atoms with E-state index in [9.17, 15) is 2.74 Å². The molecule has 3 heterocycles. The molecule has 0 atom stereocenters. The van der Waals surface area contributed by atoms with Crippen molar-refractivity contribution < 1.29 is 24.4 Å². The number of nitrogens with zero attached hydrogens (tertiary/aromatic N) is 4. The van der Waals surface area contributed by atoms with Crippen LogP contribution in [0.3, 0.4) is 0 Å². The number of benzene rings is 9. The summed E-state index contributed by atoms with van der Waals surface area (Å²) in [5, 5.41) is 2.10. The maximum atomic E-state index is 9.44. The molecule has 3 aromatic heterocycles. The van der Waals surface area contributed by atoms with E-state index >= 15 is 0 Å². The Morgan fingerprint density at radius 1 is 0.470 bits per heavy atom. The average Bonchev–Trinajstić information content (AvgIpc) is 1.41. The van der Waals surface area contributed by atoms with Crippen molar-refractivity contribution in [1.29, 1.82) is 0 Å².